The lowest BCUT2D eigenvalue weighted by Gasteiger charge is -2.10. The Morgan fingerprint density at radius 3 is 2.72 bits per heavy atom. The third kappa shape index (κ3) is 7.42. The summed E-state index contributed by atoms with van der Waals surface area (Å²) in [6.45, 7) is 3.84. The van der Waals surface area contributed by atoms with Crippen LogP contribution in [0.3, 0.4) is 0 Å². The largest absolute Gasteiger partial charge is 0.356 e. The molecule has 18 heavy (non-hydrogen) atoms. The Hall–Kier alpha value is -0.0200. The van der Waals surface area contributed by atoms with Crippen LogP contribution in [0.4, 0.5) is 0 Å². The summed E-state index contributed by atoms with van der Waals surface area (Å²) in [5.41, 5.74) is 1.15. The first kappa shape index (κ1) is 18.0. The third-order valence-corrected chi connectivity index (χ3v) is 3.60. The van der Waals surface area contributed by atoms with Gasteiger partial charge in [0.1, 0.15) is 0 Å². The molecule has 104 valence electrons. The van der Waals surface area contributed by atoms with Crippen molar-refractivity contribution in [2.24, 2.45) is 4.99 Å². The van der Waals surface area contributed by atoms with Crippen LogP contribution in [0.1, 0.15) is 10.7 Å². The van der Waals surface area contributed by atoms with E-state index in [-0.39, 0.29) is 24.0 Å². The van der Waals surface area contributed by atoms with E-state index in [1.807, 2.05) is 18.7 Å². The van der Waals surface area contributed by atoms with Crippen molar-refractivity contribution in [3.8, 4) is 0 Å². The number of thiazole rings is 1. The van der Waals surface area contributed by atoms with Gasteiger partial charge in [0.15, 0.2) is 5.96 Å². The molecule has 0 fully saturated rings. The number of halogens is 1. The summed E-state index contributed by atoms with van der Waals surface area (Å²) in [7, 11) is 1.79. The molecule has 0 saturated carbocycles. The second-order valence-corrected chi connectivity index (χ2v) is 5.57. The molecular weight excluding hydrogens is 379 g/mol. The van der Waals surface area contributed by atoms with Gasteiger partial charge in [-0.1, -0.05) is 0 Å². The zero-order valence-corrected chi connectivity index (χ0v) is 15.0. The molecule has 0 amide bonds. The first-order chi connectivity index (χ1) is 8.26. The maximum Gasteiger partial charge on any atom is 0.191 e. The van der Waals surface area contributed by atoms with E-state index in [2.05, 4.69) is 32.2 Å². The van der Waals surface area contributed by atoms with Gasteiger partial charge in [0.05, 0.1) is 10.7 Å². The van der Waals surface area contributed by atoms with E-state index < -0.39 is 0 Å². The molecule has 0 unspecified atom stereocenters. The van der Waals surface area contributed by atoms with E-state index >= 15 is 0 Å². The second-order valence-electron chi connectivity index (χ2n) is 3.53. The molecule has 0 aliphatic carbocycles. The van der Waals surface area contributed by atoms with Gasteiger partial charge in [-0.15, -0.1) is 35.3 Å². The molecule has 0 bridgehead atoms. The first-order valence-electron chi connectivity index (χ1n) is 5.60. The number of hydrogen-bond donors (Lipinski definition) is 2. The molecular formula is C11H21IN4S2. The Morgan fingerprint density at radius 1 is 1.44 bits per heavy atom. The average molecular weight is 400 g/mol. The molecule has 2 N–H and O–H groups in total. The zero-order valence-electron chi connectivity index (χ0n) is 11.0. The number of rotatable bonds is 6. The number of aromatic nitrogens is 1. The van der Waals surface area contributed by atoms with E-state index in [9.17, 15) is 0 Å². The SMILES string of the molecule is CN=C(NCCSC)NCCc1csc(C)n1.I. The van der Waals surface area contributed by atoms with Crippen molar-refractivity contribution in [2.75, 3.05) is 32.1 Å². The smallest absolute Gasteiger partial charge is 0.191 e. The van der Waals surface area contributed by atoms with Crippen molar-refractivity contribution < 1.29 is 0 Å². The Bertz CT molecular complexity index is 355. The zero-order chi connectivity index (χ0) is 12.5. The van der Waals surface area contributed by atoms with E-state index in [0.717, 1.165) is 41.9 Å². The quantitative estimate of drug-likeness (QED) is 0.333. The predicted octanol–water partition coefficient (Wildman–Crippen LogP) is 2.14. The number of guanidine groups is 1. The lowest BCUT2D eigenvalue weighted by molar-refractivity contribution is 0.801. The van der Waals surface area contributed by atoms with Crippen LogP contribution in [0.2, 0.25) is 0 Å². The summed E-state index contributed by atoms with van der Waals surface area (Å²) in [6.07, 6.45) is 3.04. The maximum atomic E-state index is 4.42. The number of thioether (sulfide) groups is 1. The van der Waals surface area contributed by atoms with Crippen molar-refractivity contribution in [3.05, 3.63) is 16.1 Å². The van der Waals surface area contributed by atoms with Gasteiger partial charge >= 0.3 is 0 Å². The van der Waals surface area contributed by atoms with Crippen LogP contribution in [0.5, 0.6) is 0 Å². The molecule has 1 aromatic rings. The number of hydrogen-bond acceptors (Lipinski definition) is 4. The minimum Gasteiger partial charge on any atom is -0.356 e. The lowest BCUT2D eigenvalue weighted by Crippen LogP contribution is -2.39. The highest BCUT2D eigenvalue weighted by Gasteiger charge is 1.99. The monoisotopic (exact) mass is 400 g/mol. The summed E-state index contributed by atoms with van der Waals surface area (Å²) in [5.74, 6) is 1.96. The molecule has 0 aliphatic heterocycles. The van der Waals surface area contributed by atoms with E-state index in [1.165, 1.54) is 0 Å². The van der Waals surface area contributed by atoms with Crippen LogP contribution in [0, 0.1) is 6.92 Å². The van der Waals surface area contributed by atoms with Gasteiger partial charge in [-0.3, -0.25) is 4.99 Å². The number of nitrogens with zero attached hydrogens (tertiary/aromatic N) is 2. The highest BCUT2D eigenvalue weighted by atomic mass is 127. The fraction of sp³-hybridized carbons (Fsp3) is 0.636. The highest BCUT2D eigenvalue weighted by Crippen LogP contribution is 2.07. The van der Waals surface area contributed by atoms with Crippen LogP contribution in [0.15, 0.2) is 10.4 Å². The molecule has 1 rings (SSSR count). The number of aliphatic imine (C=N–C) groups is 1. The van der Waals surface area contributed by atoms with Gasteiger partial charge in [0.2, 0.25) is 0 Å². The topological polar surface area (TPSA) is 49.3 Å². The van der Waals surface area contributed by atoms with Crippen LogP contribution < -0.4 is 10.6 Å². The van der Waals surface area contributed by atoms with Crippen LogP contribution in [-0.2, 0) is 6.42 Å². The molecule has 0 atom stereocenters. The fourth-order valence-electron chi connectivity index (χ4n) is 1.32. The molecule has 1 aromatic heterocycles. The number of aryl methyl sites for hydroxylation is 1. The molecule has 0 saturated heterocycles. The first-order valence-corrected chi connectivity index (χ1v) is 7.88. The Morgan fingerprint density at radius 2 is 2.17 bits per heavy atom. The summed E-state index contributed by atoms with van der Waals surface area (Å²) >= 11 is 3.52. The normalized spacial score (nSPS) is 10.9. The summed E-state index contributed by atoms with van der Waals surface area (Å²) < 4.78 is 0. The molecule has 0 spiro atoms. The number of nitrogens with one attached hydrogen (secondary N) is 2. The summed E-state index contributed by atoms with van der Waals surface area (Å²) in [4.78, 5) is 8.59. The van der Waals surface area contributed by atoms with Crippen molar-refractivity contribution in [3.63, 3.8) is 0 Å². The lowest BCUT2D eigenvalue weighted by atomic mass is 10.3. The third-order valence-electron chi connectivity index (χ3n) is 2.16. The van der Waals surface area contributed by atoms with Crippen molar-refractivity contribution in [2.45, 2.75) is 13.3 Å². The summed E-state index contributed by atoms with van der Waals surface area (Å²) in [5, 5.41) is 9.78. The Labute approximate surface area is 134 Å². The highest BCUT2D eigenvalue weighted by molar-refractivity contribution is 14.0. The standard InChI is InChI=1S/C11H20N4S2.HI/c1-9-15-10(8-17-9)4-5-13-11(12-2)14-6-7-16-3;/h8H,4-7H2,1-3H3,(H2,12,13,14);1H. The molecule has 0 radical (unpaired) electrons. The average Bonchev–Trinajstić information content (AvgIpc) is 2.73. The summed E-state index contributed by atoms with van der Waals surface area (Å²) in [6, 6.07) is 0. The van der Waals surface area contributed by atoms with E-state index in [1.54, 1.807) is 18.4 Å². The molecule has 4 nitrogen and oxygen atoms in total. The van der Waals surface area contributed by atoms with Gasteiger partial charge < -0.3 is 10.6 Å². The van der Waals surface area contributed by atoms with Gasteiger partial charge in [0, 0.05) is 37.7 Å². The van der Waals surface area contributed by atoms with Gasteiger partial charge in [-0.25, -0.2) is 4.98 Å². The van der Waals surface area contributed by atoms with Crippen LogP contribution in [-0.4, -0.2) is 43.1 Å². The van der Waals surface area contributed by atoms with Gasteiger partial charge in [0.25, 0.3) is 0 Å². The molecule has 1 heterocycles. The predicted molar refractivity (Wildman–Crippen MR) is 93.7 cm³/mol. The van der Waals surface area contributed by atoms with Gasteiger partial charge in [-0.2, -0.15) is 11.8 Å². The minimum absolute atomic E-state index is 0. The van der Waals surface area contributed by atoms with Gasteiger partial charge in [-0.05, 0) is 13.2 Å². The molecule has 0 aromatic carbocycles. The van der Waals surface area contributed by atoms with Crippen LogP contribution >= 0.6 is 47.1 Å². The maximum absolute atomic E-state index is 4.42. The Kier molecular flexibility index (Phi) is 10.8. The minimum atomic E-state index is 0. The second kappa shape index (κ2) is 10.9. The molecule has 0 aliphatic rings. The Balaban J connectivity index is 0.00000289. The van der Waals surface area contributed by atoms with Crippen molar-refractivity contribution in [1.82, 2.24) is 15.6 Å². The van der Waals surface area contributed by atoms with Crippen molar-refractivity contribution in [1.29, 1.82) is 0 Å². The van der Waals surface area contributed by atoms with Crippen molar-refractivity contribution >= 4 is 53.0 Å². The molecule has 7 heteroatoms. The van der Waals surface area contributed by atoms with Crippen LogP contribution in [0.25, 0.3) is 0 Å². The fourth-order valence-corrected chi connectivity index (χ4v) is 2.28. The van der Waals surface area contributed by atoms with E-state index in [4.69, 9.17) is 0 Å². The van der Waals surface area contributed by atoms with E-state index in [0.29, 0.717) is 0 Å².